The highest BCUT2D eigenvalue weighted by Crippen LogP contribution is 2.08. The fourth-order valence-corrected chi connectivity index (χ4v) is 2.00. The predicted octanol–water partition coefficient (Wildman–Crippen LogP) is 1.79. The van der Waals surface area contributed by atoms with Gasteiger partial charge in [0.15, 0.2) is 0 Å². The van der Waals surface area contributed by atoms with E-state index in [4.69, 9.17) is 4.74 Å². The fourth-order valence-electron chi connectivity index (χ4n) is 1.29. The number of hydrogen-bond acceptors (Lipinski definition) is 4. The van der Waals surface area contributed by atoms with Gasteiger partial charge in [0, 0.05) is 18.0 Å². The first-order valence-electron chi connectivity index (χ1n) is 6.27. The van der Waals surface area contributed by atoms with E-state index in [0.29, 0.717) is 32.0 Å². The quantitative estimate of drug-likeness (QED) is 0.750. The fraction of sp³-hybridized carbons (Fsp3) is 0.538. The highest BCUT2D eigenvalue weighted by atomic mass is 32.1. The van der Waals surface area contributed by atoms with E-state index in [1.54, 1.807) is 11.3 Å². The van der Waals surface area contributed by atoms with E-state index < -0.39 is 6.09 Å². The van der Waals surface area contributed by atoms with Crippen LogP contribution in [0.15, 0.2) is 17.5 Å². The molecule has 0 aliphatic rings. The minimum atomic E-state index is -0.443. The number of rotatable bonds is 7. The van der Waals surface area contributed by atoms with Crippen LogP contribution in [-0.4, -0.2) is 31.7 Å². The lowest BCUT2D eigenvalue weighted by atomic mass is 10.2. The molecule has 0 aliphatic heterocycles. The highest BCUT2D eigenvalue weighted by molar-refractivity contribution is 7.10. The van der Waals surface area contributed by atoms with Gasteiger partial charge in [0.05, 0.1) is 13.0 Å². The molecule has 0 unspecified atom stereocenters. The average molecular weight is 284 g/mol. The van der Waals surface area contributed by atoms with E-state index in [1.165, 1.54) is 0 Å². The van der Waals surface area contributed by atoms with Crippen molar-refractivity contribution in [2.45, 2.75) is 20.3 Å². The monoisotopic (exact) mass is 284 g/mol. The summed E-state index contributed by atoms with van der Waals surface area (Å²) in [6.07, 6.45) is -0.0589. The van der Waals surface area contributed by atoms with Crippen molar-refractivity contribution in [1.29, 1.82) is 0 Å². The molecule has 1 heterocycles. The Morgan fingerprint density at radius 2 is 2.05 bits per heavy atom. The van der Waals surface area contributed by atoms with Crippen LogP contribution in [0, 0.1) is 5.92 Å². The van der Waals surface area contributed by atoms with E-state index in [9.17, 15) is 9.59 Å². The van der Waals surface area contributed by atoms with Crippen LogP contribution in [0.25, 0.3) is 0 Å². The standard InChI is InChI=1S/C13H20N2O3S/c1-10(2)9-18-13(17)15-6-5-14-12(16)8-11-4-3-7-19-11/h3-4,7,10H,5-6,8-9H2,1-2H3,(H,14,16)(H,15,17). The number of amides is 2. The molecule has 0 atom stereocenters. The van der Waals surface area contributed by atoms with Crippen LogP contribution in [0.3, 0.4) is 0 Å². The molecule has 0 aromatic carbocycles. The van der Waals surface area contributed by atoms with Crippen LogP contribution in [0.4, 0.5) is 4.79 Å². The van der Waals surface area contributed by atoms with Crippen molar-refractivity contribution in [2.24, 2.45) is 5.92 Å². The molecular formula is C13H20N2O3S. The van der Waals surface area contributed by atoms with E-state index in [-0.39, 0.29) is 5.91 Å². The molecule has 106 valence electrons. The Balaban J connectivity index is 2.04. The van der Waals surface area contributed by atoms with Gasteiger partial charge in [-0.1, -0.05) is 19.9 Å². The second kappa shape index (κ2) is 8.53. The zero-order valence-corrected chi connectivity index (χ0v) is 12.1. The largest absolute Gasteiger partial charge is 0.449 e. The molecule has 2 amide bonds. The summed E-state index contributed by atoms with van der Waals surface area (Å²) >= 11 is 1.55. The third-order valence-corrected chi connectivity index (χ3v) is 3.06. The number of nitrogens with one attached hydrogen (secondary N) is 2. The summed E-state index contributed by atoms with van der Waals surface area (Å²) in [6, 6.07) is 3.84. The number of carbonyl (C=O) groups is 2. The second-order valence-electron chi connectivity index (χ2n) is 4.53. The summed E-state index contributed by atoms with van der Waals surface area (Å²) in [5.74, 6) is 0.274. The lowest BCUT2D eigenvalue weighted by Gasteiger charge is -2.09. The molecule has 1 rings (SSSR count). The molecule has 0 bridgehead atoms. The summed E-state index contributed by atoms with van der Waals surface area (Å²) in [4.78, 5) is 23.8. The van der Waals surface area contributed by atoms with Gasteiger partial charge in [-0.25, -0.2) is 4.79 Å². The van der Waals surface area contributed by atoms with Crippen LogP contribution in [0.5, 0.6) is 0 Å². The number of hydrogen-bond donors (Lipinski definition) is 2. The molecule has 5 nitrogen and oxygen atoms in total. The second-order valence-corrected chi connectivity index (χ2v) is 5.56. The maximum Gasteiger partial charge on any atom is 0.407 e. The van der Waals surface area contributed by atoms with Gasteiger partial charge in [-0.15, -0.1) is 11.3 Å². The Hall–Kier alpha value is -1.56. The van der Waals surface area contributed by atoms with E-state index in [2.05, 4.69) is 10.6 Å². The normalized spacial score (nSPS) is 10.3. The SMILES string of the molecule is CC(C)COC(=O)NCCNC(=O)Cc1cccs1. The molecule has 1 aromatic heterocycles. The first-order valence-corrected chi connectivity index (χ1v) is 7.15. The third kappa shape index (κ3) is 7.46. The number of carbonyl (C=O) groups excluding carboxylic acids is 2. The lowest BCUT2D eigenvalue weighted by Crippen LogP contribution is -2.35. The smallest absolute Gasteiger partial charge is 0.407 e. The molecule has 0 saturated carbocycles. The van der Waals surface area contributed by atoms with Crippen molar-refractivity contribution in [2.75, 3.05) is 19.7 Å². The maximum absolute atomic E-state index is 11.5. The minimum Gasteiger partial charge on any atom is -0.449 e. The van der Waals surface area contributed by atoms with Crippen LogP contribution >= 0.6 is 11.3 Å². The first-order chi connectivity index (χ1) is 9.08. The molecule has 6 heteroatoms. The Morgan fingerprint density at radius 3 is 2.68 bits per heavy atom. The van der Waals surface area contributed by atoms with Gasteiger partial charge >= 0.3 is 6.09 Å². The van der Waals surface area contributed by atoms with Crippen molar-refractivity contribution in [1.82, 2.24) is 10.6 Å². The van der Waals surface area contributed by atoms with Crippen molar-refractivity contribution in [3.05, 3.63) is 22.4 Å². The van der Waals surface area contributed by atoms with E-state index in [1.807, 2.05) is 31.4 Å². The molecule has 0 aliphatic carbocycles. The zero-order chi connectivity index (χ0) is 14.1. The van der Waals surface area contributed by atoms with Gasteiger partial charge in [-0.2, -0.15) is 0 Å². The van der Waals surface area contributed by atoms with Crippen molar-refractivity contribution >= 4 is 23.3 Å². The first kappa shape index (κ1) is 15.5. The molecule has 0 radical (unpaired) electrons. The van der Waals surface area contributed by atoms with Crippen LogP contribution < -0.4 is 10.6 Å². The van der Waals surface area contributed by atoms with Crippen LogP contribution in [0.1, 0.15) is 18.7 Å². The average Bonchev–Trinajstić information content (AvgIpc) is 2.85. The molecule has 2 N–H and O–H groups in total. The summed E-state index contributed by atoms with van der Waals surface area (Å²) in [5.41, 5.74) is 0. The predicted molar refractivity (Wildman–Crippen MR) is 75.2 cm³/mol. The minimum absolute atomic E-state index is 0.0419. The van der Waals surface area contributed by atoms with Crippen molar-refractivity contribution in [3.63, 3.8) is 0 Å². The molecule has 0 spiro atoms. The summed E-state index contributed by atoms with van der Waals surface area (Å²) in [7, 11) is 0. The highest BCUT2D eigenvalue weighted by Gasteiger charge is 2.05. The van der Waals surface area contributed by atoms with E-state index in [0.717, 1.165) is 4.88 Å². The van der Waals surface area contributed by atoms with Gasteiger partial charge in [0.1, 0.15) is 0 Å². The Labute approximate surface area is 117 Å². The third-order valence-electron chi connectivity index (χ3n) is 2.18. The van der Waals surface area contributed by atoms with Crippen molar-refractivity contribution < 1.29 is 14.3 Å². The lowest BCUT2D eigenvalue weighted by molar-refractivity contribution is -0.120. The molecule has 0 saturated heterocycles. The van der Waals surface area contributed by atoms with Crippen LogP contribution in [0.2, 0.25) is 0 Å². The van der Waals surface area contributed by atoms with Gasteiger partial charge in [-0.3, -0.25) is 4.79 Å². The Kier molecular flexibility index (Phi) is 6.95. The zero-order valence-electron chi connectivity index (χ0n) is 11.3. The number of ether oxygens (including phenoxy) is 1. The Morgan fingerprint density at radius 1 is 1.32 bits per heavy atom. The van der Waals surface area contributed by atoms with Crippen LogP contribution in [-0.2, 0) is 16.0 Å². The maximum atomic E-state index is 11.5. The molecular weight excluding hydrogens is 264 g/mol. The van der Waals surface area contributed by atoms with Gasteiger partial charge in [0.2, 0.25) is 5.91 Å². The van der Waals surface area contributed by atoms with Crippen molar-refractivity contribution in [3.8, 4) is 0 Å². The number of thiophene rings is 1. The molecule has 1 aromatic rings. The molecule has 19 heavy (non-hydrogen) atoms. The summed E-state index contributed by atoms with van der Waals surface area (Å²) in [5, 5.41) is 7.26. The molecule has 0 fully saturated rings. The summed E-state index contributed by atoms with van der Waals surface area (Å²) in [6.45, 7) is 5.11. The topological polar surface area (TPSA) is 67.4 Å². The number of alkyl carbamates (subject to hydrolysis) is 1. The van der Waals surface area contributed by atoms with E-state index >= 15 is 0 Å². The van der Waals surface area contributed by atoms with Gasteiger partial charge in [0.25, 0.3) is 0 Å². The van der Waals surface area contributed by atoms with Gasteiger partial charge < -0.3 is 15.4 Å². The van der Waals surface area contributed by atoms with Gasteiger partial charge in [-0.05, 0) is 17.4 Å². The summed E-state index contributed by atoms with van der Waals surface area (Å²) < 4.78 is 4.93. The Bertz CT molecular complexity index is 391.